The van der Waals surface area contributed by atoms with Crippen molar-refractivity contribution in [3.05, 3.63) is 29.6 Å². The Bertz CT molecular complexity index is 474. The molecule has 2 N–H and O–H groups in total. The molecule has 1 saturated carbocycles. The number of nitrogens with one attached hydrogen (secondary N) is 2. The van der Waals surface area contributed by atoms with E-state index in [9.17, 15) is 9.18 Å². The molecule has 0 unspecified atom stereocenters. The molecule has 1 aromatic rings. The Labute approximate surface area is 119 Å². The molecule has 1 aliphatic rings. The van der Waals surface area contributed by atoms with Gasteiger partial charge in [0.1, 0.15) is 5.82 Å². The molecule has 0 aliphatic heterocycles. The summed E-state index contributed by atoms with van der Waals surface area (Å²) in [6, 6.07) is 5.47. The van der Waals surface area contributed by atoms with E-state index in [-0.39, 0.29) is 18.3 Å². The van der Waals surface area contributed by atoms with E-state index in [0.29, 0.717) is 18.3 Å². The van der Waals surface area contributed by atoms with Crippen molar-refractivity contribution in [3.8, 4) is 0 Å². The van der Waals surface area contributed by atoms with Crippen molar-refractivity contribution < 1.29 is 9.18 Å². The molecule has 5 heteroatoms. The van der Waals surface area contributed by atoms with E-state index in [1.165, 1.54) is 6.07 Å². The number of hydrogen-bond donors (Lipinski definition) is 2. The van der Waals surface area contributed by atoms with Crippen molar-refractivity contribution in [3.63, 3.8) is 0 Å². The first-order valence-corrected chi connectivity index (χ1v) is 7.09. The second kappa shape index (κ2) is 6.70. The van der Waals surface area contributed by atoms with Crippen molar-refractivity contribution in [2.75, 3.05) is 25.0 Å². The van der Waals surface area contributed by atoms with Gasteiger partial charge in [0.2, 0.25) is 5.91 Å². The Kier molecular flexibility index (Phi) is 4.95. The SMILES string of the molecule is CCNCc1ccc(N(C)CC(=O)NC2CC2)c(F)c1. The van der Waals surface area contributed by atoms with Gasteiger partial charge in [-0.2, -0.15) is 0 Å². The monoisotopic (exact) mass is 279 g/mol. The topological polar surface area (TPSA) is 44.4 Å². The molecule has 2 rings (SSSR count). The summed E-state index contributed by atoms with van der Waals surface area (Å²) >= 11 is 0. The van der Waals surface area contributed by atoms with Crippen LogP contribution in [-0.2, 0) is 11.3 Å². The van der Waals surface area contributed by atoms with E-state index in [1.807, 2.05) is 13.0 Å². The van der Waals surface area contributed by atoms with Gasteiger partial charge in [0.15, 0.2) is 0 Å². The number of likely N-dealkylation sites (N-methyl/N-ethyl adjacent to an activating group) is 1. The molecule has 4 nitrogen and oxygen atoms in total. The van der Waals surface area contributed by atoms with E-state index in [4.69, 9.17) is 0 Å². The van der Waals surface area contributed by atoms with E-state index in [2.05, 4.69) is 10.6 Å². The second-order valence-corrected chi connectivity index (χ2v) is 5.26. The standard InChI is InChI=1S/C15H22FN3O/c1-3-17-9-11-4-7-14(13(16)8-11)19(2)10-15(20)18-12-5-6-12/h4,7-8,12,17H,3,5-6,9-10H2,1-2H3,(H,18,20). The molecule has 0 bridgehead atoms. The minimum atomic E-state index is -0.290. The highest BCUT2D eigenvalue weighted by molar-refractivity contribution is 5.81. The number of amides is 1. The highest BCUT2D eigenvalue weighted by Gasteiger charge is 2.23. The molecule has 0 atom stereocenters. The molecular weight excluding hydrogens is 257 g/mol. The van der Waals surface area contributed by atoms with Gasteiger partial charge >= 0.3 is 0 Å². The lowest BCUT2D eigenvalue weighted by atomic mass is 10.2. The molecule has 0 aromatic heterocycles. The van der Waals surface area contributed by atoms with Crippen LogP contribution in [0.2, 0.25) is 0 Å². The van der Waals surface area contributed by atoms with Gasteiger partial charge in [-0.15, -0.1) is 0 Å². The van der Waals surface area contributed by atoms with E-state index in [0.717, 1.165) is 24.9 Å². The van der Waals surface area contributed by atoms with Crippen molar-refractivity contribution >= 4 is 11.6 Å². The van der Waals surface area contributed by atoms with E-state index in [1.54, 1.807) is 18.0 Å². The Morgan fingerprint density at radius 1 is 1.45 bits per heavy atom. The number of anilines is 1. The number of benzene rings is 1. The molecule has 0 radical (unpaired) electrons. The number of rotatable bonds is 7. The molecule has 0 spiro atoms. The molecule has 1 amide bonds. The lowest BCUT2D eigenvalue weighted by Crippen LogP contribution is -2.36. The molecular formula is C15H22FN3O. The normalized spacial score (nSPS) is 14.2. The first-order valence-electron chi connectivity index (χ1n) is 7.09. The van der Waals surface area contributed by atoms with Crippen molar-refractivity contribution in [1.82, 2.24) is 10.6 Å². The Balaban J connectivity index is 1.94. The number of halogens is 1. The zero-order chi connectivity index (χ0) is 14.5. The minimum absolute atomic E-state index is 0.0499. The van der Waals surface area contributed by atoms with Crippen LogP contribution in [0.5, 0.6) is 0 Å². The van der Waals surface area contributed by atoms with Crippen molar-refractivity contribution in [1.29, 1.82) is 0 Å². The summed E-state index contributed by atoms with van der Waals surface area (Å²) in [4.78, 5) is 13.4. The van der Waals surface area contributed by atoms with Gasteiger partial charge in [0.25, 0.3) is 0 Å². The molecule has 20 heavy (non-hydrogen) atoms. The van der Waals surface area contributed by atoms with Gasteiger partial charge in [0, 0.05) is 19.6 Å². The minimum Gasteiger partial charge on any atom is -0.363 e. The first kappa shape index (κ1) is 14.8. The third-order valence-electron chi connectivity index (χ3n) is 3.33. The average molecular weight is 279 g/mol. The smallest absolute Gasteiger partial charge is 0.239 e. The largest absolute Gasteiger partial charge is 0.363 e. The Morgan fingerprint density at radius 2 is 2.20 bits per heavy atom. The molecule has 1 aromatic carbocycles. The summed E-state index contributed by atoms with van der Waals surface area (Å²) < 4.78 is 14.1. The fourth-order valence-electron chi connectivity index (χ4n) is 2.04. The summed E-state index contributed by atoms with van der Waals surface area (Å²) in [6.07, 6.45) is 2.12. The Hall–Kier alpha value is -1.62. The predicted octanol–water partition coefficient (Wildman–Crippen LogP) is 1.65. The number of nitrogens with zero attached hydrogens (tertiary/aromatic N) is 1. The lowest BCUT2D eigenvalue weighted by Gasteiger charge is -2.20. The maximum absolute atomic E-state index is 14.1. The molecule has 1 aliphatic carbocycles. The number of hydrogen-bond acceptors (Lipinski definition) is 3. The van der Waals surface area contributed by atoms with Crippen LogP contribution >= 0.6 is 0 Å². The molecule has 0 heterocycles. The third-order valence-corrected chi connectivity index (χ3v) is 3.33. The van der Waals surface area contributed by atoms with Crippen molar-refractivity contribution in [2.24, 2.45) is 0 Å². The summed E-state index contributed by atoms with van der Waals surface area (Å²) in [5.74, 6) is -0.340. The van der Waals surface area contributed by atoms with Crippen LogP contribution in [-0.4, -0.2) is 32.1 Å². The van der Waals surface area contributed by atoms with Gasteiger partial charge in [-0.1, -0.05) is 13.0 Å². The fraction of sp³-hybridized carbons (Fsp3) is 0.533. The number of carbonyl (C=O) groups excluding carboxylic acids is 1. The van der Waals surface area contributed by atoms with Crippen LogP contribution in [0, 0.1) is 5.82 Å². The highest BCUT2D eigenvalue weighted by atomic mass is 19.1. The average Bonchev–Trinajstić information content (AvgIpc) is 3.19. The quantitative estimate of drug-likeness (QED) is 0.797. The lowest BCUT2D eigenvalue weighted by molar-refractivity contribution is -0.119. The fourth-order valence-corrected chi connectivity index (χ4v) is 2.04. The molecule has 0 saturated heterocycles. The zero-order valence-corrected chi connectivity index (χ0v) is 12.1. The van der Waals surface area contributed by atoms with Crippen LogP contribution < -0.4 is 15.5 Å². The molecule has 110 valence electrons. The second-order valence-electron chi connectivity index (χ2n) is 5.26. The van der Waals surface area contributed by atoms with E-state index >= 15 is 0 Å². The van der Waals surface area contributed by atoms with Gasteiger partial charge in [0.05, 0.1) is 12.2 Å². The molecule has 1 fully saturated rings. The summed E-state index contributed by atoms with van der Waals surface area (Å²) in [7, 11) is 1.73. The van der Waals surface area contributed by atoms with Gasteiger partial charge in [-0.05, 0) is 37.1 Å². The van der Waals surface area contributed by atoms with Crippen LogP contribution in [0.1, 0.15) is 25.3 Å². The first-order chi connectivity index (χ1) is 9.60. The Morgan fingerprint density at radius 3 is 2.80 bits per heavy atom. The zero-order valence-electron chi connectivity index (χ0n) is 12.1. The van der Waals surface area contributed by atoms with Crippen LogP contribution in [0.15, 0.2) is 18.2 Å². The number of carbonyl (C=O) groups is 1. The summed E-state index contributed by atoms with van der Waals surface area (Å²) in [5, 5.41) is 6.06. The van der Waals surface area contributed by atoms with Crippen LogP contribution in [0.25, 0.3) is 0 Å². The summed E-state index contributed by atoms with van der Waals surface area (Å²) in [5.41, 5.74) is 1.36. The van der Waals surface area contributed by atoms with Gasteiger partial charge in [-0.25, -0.2) is 4.39 Å². The predicted molar refractivity (Wildman–Crippen MR) is 78.2 cm³/mol. The van der Waals surface area contributed by atoms with Crippen molar-refractivity contribution in [2.45, 2.75) is 32.4 Å². The van der Waals surface area contributed by atoms with Crippen LogP contribution in [0.4, 0.5) is 10.1 Å². The maximum atomic E-state index is 14.1. The van der Waals surface area contributed by atoms with Gasteiger partial charge in [-0.3, -0.25) is 4.79 Å². The van der Waals surface area contributed by atoms with E-state index < -0.39 is 0 Å². The van der Waals surface area contributed by atoms with Crippen LogP contribution in [0.3, 0.4) is 0 Å². The highest BCUT2D eigenvalue weighted by Crippen LogP contribution is 2.21. The third kappa shape index (κ3) is 4.20. The maximum Gasteiger partial charge on any atom is 0.239 e. The van der Waals surface area contributed by atoms with Gasteiger partial charge < -0.3 is 15.5 Å². The summed E-state index contributed by atoms with van der Waals surface area (Å²) in [6.45, 7) is 3.70.